The van der Waals surface area contributed by atoms with E-state index in [4.69, 9.17) is 15.2 Å². The fourth-order valence-corrected chi connectivity index (χ4v) is 2.41. The maximum atomic E-state index is 11.4. The van der Waals surface area contributed by atoms with Gasteiger partial charge in [-0.15, -0.1) is 0 Å². The summed E-state index contributed by atoms with van der Waals surface area (Å²) in [6.45, 7) is 1.42. The third kappa shape index (κ3) is 3.30. The molecule has 22 heavy (non-hydrogen) atoms. The number of carbonyl (C=O) groups is 1. The molecule has 0 fully saturated rings. The zero-order valence-electron chi connectivity index (χ0n) is 12.4. The second kappa shape index (κ2) is 6.65. The minimum Gasteiger partial charge on any atom is -0.493 e. The minimum atomic E-state index is -0.210. The Hall–Kier alpha value is -2.28. The SMILES string of the molecule is COc1cc(-c2cc(Br)cnc2N)cc(NC(C)=O)c1OC. The van der Waals surface area contributed by atoms with Gasteiger partial charge in [0.25, 0.3) is 0 Å². The highest BCUT2D eigenvalue weighted by atomic mass is 79.9. The van der Waals surface area contributed by atoms with Gasteiger partial charge in [0, 0.05) is 23.2 Å². The molecule has 2 aromatic rings. The van der Waals surface area contributed by atoms with Crippen LogP contribution < -0.4 is 20.5 Å². The van der Waals surface area contributed by atoms with Crippen molar-refractivity contribution in [2.45, 2.75) is 6.92 Å². The highest BCUT2D eigenvalue weighted by molar-refractivity contribution is 9.10. The van der Waals surface area contributed by atoms with E-state index >= 15 is 0 Å². The van der Waals surface area contributed by atoms with Gasteiger partial charge in [0.1, 0.15) is 5.82 Å². The largest absolute Gasteiger partial charge is 0.493 e. The first-order valence-electron chi connectivity index (χ1n) is 6.41. The number of hydrogen-bond donors (Lipinski definition) is 2. The molecule has 116 valence electrons. The molecule has 0 spiro atoms. The van der Waals surface area contributed by atoms with Gasteiger partial charge in [0.05, 0.1) is 19.9 Å². The quantitative estimate of drug-likeness (QED) is 0.869. The number of rotatable bonds is 4. The van der Waals surface area contributed by atoms with Crippen LogP contribution in [0.25, 0.3) is 11.1 Å². The summed E-state index contributed by atoms with van der Waals surface area (Å²) < 4.78 is 11.5. The molecule has 7 heteroatoms. The lowest BCUT2D eigenvalue weighted by molar-refractivity contribution is -0.114. The fourth-order valence-electron chi connectivity index (χ4n) is 2.08. The number of nitrogens with two attached hydrogens (primary N) is 1. The van der Waals surface area contributed by atoms with E-state index < -0.39 is 0 Å². The average molecular weight is 366 g/mol. The van der Waals surface area contributed by atoms with Gasteiger partial charge in [0.2, 0.25) is 5.91 Å². The highest BCUT2D eigenvalue weighted by Gasteiger charge is 2.16. The number of amides is 1. The van der Waals surface area contributed by atoms with Gasteiger partial charge in [-0.1, -0.05) is 0 Å². The zero-order chi connectivity index (χ0) is 16.3. The van der Waals surface area contributed by atoms with Crippen LogP contribution in [0.1, 0.15) is 6.92 Å². The van der Waals surface area contributed by atoms with Crippen molar-refractivity contribution < 1.29 is 14.3 Å². The van der Waals surface area contributed by atoms with Gasteiger partial charge in [-0.25, -0.2) is 4.98 Å². The van der Waals surface area contributed by atoms with Crippen molar-refractivity contribution in [3.8, 4) is 22.6 Å². The number of pyridine rings is 1. The number of nitrogen functional groups attached to an aromatic ring is 1. The van der Waals surface area contributed by atoms with Gasteiger partial charge in [-0.2, -0.15) is 0 Å². The zero-order valence-corrected chi connectivity index (χ0v) is 14.0. The number of ether oxygens (including phenoxy) is 2. The summed E-state index contributed by atoms with van der Waals surface area (Å²) in [5.41, 5.74) is 7.93. The van der Waals surface area contributed by atoms with Gasteiger partial charge in [-0.3, -0.25) is 4.79 Å². The summed E-state index contributed by atoms with van der Waals surface area (Å²) in [4.78, 5) is 15.5. The number of hydrogen-bond acceptors (Lipinski definition) is 5. The lowest BCUT2D eigenvalue weighted by Gasteiger charge is -2.16. The van der Waals surface area contributed by atoms with Crippen LogP contribution in [0.15, 0.2) is 28.9 Å². The molecule has 0 bridgehead atoms. The third-order valence-corrected chi connectivity index (χ3v) is 3.42. The van der Waals surface area contributed by atoms with E-state index in [-0.39, 0.29) is 5.91 Å². The molecular formula is C15H16BrN3O3. The second-order valence-corrected chi connectivity index (χ2v) is 5.44. The molecule has 1 aromatic heterocycles. The van der Waals surface area contributed by atoms with E-state index in [9.17, 15) is 4.79 Å². The Morgan fingerprint density at radius 3 is 2.59 bits per heavy atom. The Bertz CT molecular complexity index is 719. The van der Waals surface area contributed by atoms with Crippen LogP contribution in [0.5, 0.6) is 11.5 Å². The molecule has 1 aromatic carbocycles. The van der Waals surface area contributed by atoms with Crippen LogP contribution in [0.3, 0.4) is 0 Å². The lowest BCUT2D eigenvalue weighted by atomic mass is 10.0. The van der Waals surface area contributed by atoms with Gasteiger partial charge in [-0.05, 0) is 39.7 Å². The van der Waals surface area contributed by atoms with Crippen LogP contribution in [0, 0.1) is 0 Å². The summed E-state index contributed by atoms with van der Waals surface area (Å²) in [6.07, 6.45) is 1.62. The van der Waals surface area contributed by atoms with E-state index in [0.29, 0.717) is 23.0 Å². The number of benzene rings is 1. The lowest BCUT2D eigenvalue weighted by Crippen LogP contribution is -2.08. The number of aromatic nitrogens is 1. The normalized spacial score (nSPS) is 10.2. The molecule has 1 amide bonds. The fraction of sp³-hybridized carbons (Fsp3) is 0.200. The Balaban J connectivity index is 2.66. The second-order valence-electron chi connectivity index (χ2n) is 4.53. The van der Waals surface area contributed by atoms with Crippen molar-refractivity contribution in [2.24, 2.45) is 0 Å². The molecule has 0 radical (unpaired) electrons. The Kier molecular flexibility index (Phi) is 4.87. The molecule has 0 unspecified atom stereocenters. The third-order valence-electron chi connectivity index (χ3n) is 2.99. The van der Waals surface area contributed by atoms with Crippen LogP contribution in [0.4, 0.5) is 11.5 Å². The van der Waals surface area contributed by atoms with Gasteiger partial charge < -0.3 is 20.5 Å². The molecule has 0 aliphatic rings. The van der Waals surface area contributed by atoms with Crippen LogP contribution in [-0.2, 0) is 4.79 Å². The van der Waals surface area contributed by atoms with E-state index in [1.165, 1.54) is 21.1 Å². The smallest absolute Gasteiger partial charge is 0.221 e. The molecule has 2 rings (SSSR count). The summed E-state index contributed by atoms with van der Waals surface area (Å²) >= 11 is 3.37. The van der Waals surface area contributed by atoms with Crippen molar-refractivity contribution in [2.75, 3.05) is 25.3 Å². The van der Waals surface area contributed by atoms with Crippen LogP contribution in [-0.4, -0.2) is 25.1 Å². The molecule has 0 atom stereocenters. The molecule has 0 saturated heterocycles. The molecule has 3 N–H and O–H groups in total. The van der Waals surface area contributed by atoms with Crippen molar-refractivity contribution in [1.82, 2.24) is 4.98 Å². The number of methoxy groups -OCH3 is 2. The van der Waals surface area contributed by atoms with Crippen molar-refractivity contribution in [3.63, 3.8) is 0 Å². The predicted molar refractivity (Wildman–Crippen MR) is 89.2 cm³/mol. The first kappa shape index (κ1) is 16.1. The summed E-state index contributed by atoms with van der Waals surface area (Å²) in [7, 11) is 3.04. The maximum absolute atomic E-state index is 11.4. The van der Waals surface area contributed by atoms with Crippen molar-refractivity contribution >= 4 is 33.3 Å². The maximum Gasteiger partial charge on any atom is 0.221 e. The van der Waals surface area contributed by atoms with E-state index in [0.717, 1.165) is 15.6 Å². The van der Waals surface area contributed by atoms with Gasteiger partial charge >= 0.3 is 0 Å². The summed E-state index contributed by atoms with van der Waals surface area (Å²) in [5.74, 6) is 1.10. The van der Waals surface area contributed by atoms with E-state index in [1.54, 1.807) is 18.3 Å². The number of nitrogens with zero attached hydrogens (tertiary/aromatic N) is 1. The Morgan fingerprint density at radius 2 is 2.00 bits per heavy atom. The summed E-state index contributed by atoms with van der Waals surface area (Å²) in [5, 5.41) is 2.73. The first-order chi connectivity index (χ1) is 10.5. The van der Waals surface area contributed by atoms with Crippen LogP contribution >= 0.6 is 15.9 Å². The standard InChI is InChI=1S/C15H16BrN3O3/c1-8(20)19-12-4-9(5-13(21-2)14(12)22-3)11-6-10(16)7-18-15(11)17/h4-7H,1-3H3,(H2,17,18)(H,19,20). The number of halogens is 1. The predicted octanol–water partition coefficient (Wildman–Crippen LogP) is 3.07. The Morgan fingerprint density at radius 1 is 1.27 bits per heavy atom. The van der Waals surface area contributed by atoms with Gasteiger partial charge in [0.15, 0.2) is 11.5 Å². The molecule has 0 saturated carbocycles. The van der Waals surface area contributed by atoms with E-state index in [2.05, 4.69) is 26.2 Å². The molecule has 0 aliphatic heterocycles. The first-order valence-corrected chi connectivity index (χ1v) is 7.20. The molecular weight excluding hydrogens is 350 g/mol. The van der Waals surface area contributed by atoms with Crippen molar-refractivity contribution in [3.05, 3.63) is 28.9 Å². The topological polar surface area (TPSA) is 86.5 Å². The van der Waals surface area contributed by atoms with E-state index in [1.807, 2.05) is 6.07 Å². The number of carbonyl (C=O) groups excluding carboxylic acids is 1. The van der Waals surface area contributed by atoms with Crippen LogP contribution in [0.2, 0.25) is 0 Å². The minimum absolute atomic E-state index is 0.210. The van der Waals surface area contributed by atoms with Crippen molar-refractivity contribution in [1.29, 1.82) is 0 Å². The molecule has 0 aliphatic carbocycles. The summed E-state index contributed by atoms with van der Waals surface area (Å²) in [6, 6.07) is 5.40. The number of anilines is 2. The monoisotopic (exact) mass is 365 g/mol. The average Bonchev–Trinajstić information content (AvgIpc) is 2.48. The molecule has 6 nitrogen and oxygen atoms in total. The Labute approximate surface area is 136 Å². The highest BCUT2D eigenvalue weighted by Crippen LogP contribution is 2.41. The molecule has 1 heterocycles. The number of nitrogens with one attached hydrogen (secondary N) is 1.